The van der Waals surface area contributed by atoms with Gasteiger partial charge in [0, 0.05) is 0 Å². The smallest absolute Gasteiger partial charge is 0.242 e. The van der Waals surface area contributed by atoms with Crippen molar-refractivity contribution in [2.75, 3.05) is 0 Å². The molecule has 1 saturated carbocycles. The Bertz CT molecular complexity index is 182. The standard InChI is InChI=1S/C5H8Cl2N2O/c1-4(3(10)9-8)2-5(4,6)7/h2,8H2,1H3,(H,9,10)/t4-/m0/s1. The van der Waals surface area contributed by atoms with Crippen molar-refractivity contribution < 1.29 is 4.79 Å². The second kappa shape index (κ2) is 2.00. The Balaban J connectivity index is 2.68. The predicted octanol–water partition coefficient (Wildman–Crippen LogP) is 0.560. The number of carbonyl (C=O) groups is 1. The SMILES string of the molecule is C[C@@]1(C(=O)NN)CC1(Cl)Cl. The Kier molecular flexibility index (Phi) is 1.62. The second-order valence-electron chi connectivity index (χ2n) is 2.69. The van der Waals surface area contributed by atoms with E-state index in [0.29, 0.717) is 6.42 Å². The molecule has 0 aromatic heterocycles. The van der Waals surface area contributed by atoms with Gasteiger partial charge >= 0.3 is 0 Å². The maximum absolute atomic E-state index is 10.9. The molecule has 0 heterocycles. The number of amides is 1. The Morgan fingerprint density at radius 1 is 1.70 bits per heavy atom. The molecule has 1 rings (SSSR count). The summed E-state index contributed by atoms with van der Waals surface area (Å²) in [4.78, 5) is 10.9. The van der Waals surface area contributed by atoms with Crippen LogP contribution in [-0.4, -0.2) is 10.2 Å². The zero-order valence-corrected chi connectivity index (χ0v) is 6.96. The highest BCUT2D eigenvalue weighted by Crippen LogP contribution is 2.63. The van der Waals surface area contributed by atoms with Gasteiger partial charge in [-0.15, -0.1) is 23.2 Å². The van der Waals surface area contributed by atoms with Crippen LogP contribution < -0.4 is 11.3 Å². The van der Waals surface area contributed by atoms with Gasteiger partial charge in [-0.25, -0.2) is 5.84 Å². The van der Waals surface area contributed by atoms with Crippen molar-refractivity contribution in [3.8, 4) is 0 Å². The van der Waals surface area contributed by atoms with Gasteiger partial charge in [-0.2, -0.15) is 0 Å². The first-order valence-corrected chi connectivity index (χ1v) is 3.58. The van der Waals surface area contributed by atoms with Crippen LogP contribution in [0.5, 0.6) is 0 Å². The Morgan fingerprint density at radius 3 is 2.20 bits per heavy atom. The molecule has 10 heavy (non-hydrogen) atoms. The number of hydrogen-bond donors (Lipinski definition) is 2. The first-order valence-electron chi connectivity index (χ1n) is 2.83. The fourth-order valence-electron chi connectivity index (χ4n) is 0.806. The van der Waals surface area contributed by atoms with Crippen LogP contribution in [0.15, 0.2) is 0 Å². The van der Waals surface area contributed by atoms with Crippen LogP contribution in [0.1, 0.15) is 13.3 Å². The monoisotopic (exact) mass is 182 g/mol. The van der Waals surface area contributed by atoms with Crippen molar-refractivity contribution in [1.82, 2.24) is 5.43 Å². The van der Waals surface area contributed by atoms with Gasteiger partial charge < -0.3 is 0 Å². The van der Waals surface area contributed by atoms with Crippen LogP contribution in [0.25, 0.3) is 0 Å². The van der Waals surface area contributed by atoms with Crippen LogP contribution in [-0.2, 0) is 4.79 Å². The molecule has 1 aliphatic rings. The average molecular weight is 183 g/mol. The minimum Gasteiger partial charge on any atom is -0.294 e. The Hall–Kier alpha value is 0.01000. The normalized spacial score (nSPS) is 35.2. The van der Waals surface area contributed by atoms with E-state index < -0.39 is 9.75 Å². The van der Waals surface area contributed by atoms with Gasteiger partial charge in [0.05, 0.1) is 5.41 Å². The number of hydrogen-bond acceptors (Lipinski definition) is 2. The zero-order chi connectivity index (χ0) is 7.99. The van der Waals surface area contributed by atoms with Gasteiger partial charge in [0.1, 0.15) is 4.33 Å². The van der Waals surface area contributed by atoms with Crippen LogP contribution in [0.4, 0.5) is 0 Å². The maximum atomic E-state index is 10.9. The molecular formula is C5H8Cl2N2O. The van der Waals surface area contributed by atoms with E-state index in [2.05, 4.69) is 0 Å². The molecule has 0 spiro atoms. The topological polar surface area (TPSA) is 55.1 Å². The van der Waals surface area contributed by atoms with Crippen molar-refractivity contribution in [2.24, 2.45) is 11.3 Å². The fourth-order valence-corrected chi connectivity index (χ4v) is 1.51. The van der Waals surface area contributed by atoms with E-state index in [1.54, 1.807) is 6.92 Å². The number of nitrogens with two attached hydrogens (primary N) is 1. The lowest BCUT2D eigenvalue weighted by atomic mass is 10.1. The molecule has 0 aliphatic heterocycles. The van der Waals surface area contributed by atoms with Crippen molar-refractivity contribution in [2.45, 2.75) is 17.7 Å². The Labute approximate surface area is 68.8 Å². The maximum Gasteiger partial charge on any atom is 0.242 e. The molecule has 0 saturated heterocycles. The Morgan fingerprint density at radius 2 is 2.10 bits per heavy atom. The van der Waals surface area contributed by atoms with E-state index >= 15 is 0 Å². The van der Waals surface area contributed by atoms with Gasteiger partial charge in [0.15, 0.2) is 0 Å². The summed E-state index contributed by atoms with van der Waals surface area (Å²) in [5, 5.41) is 0. The third-order valence-electron chi connectivity index (χ3n) is 1.89. The molecule has 3 nitrogen and oxygen atoms in total. The molecular weight excluding hydrogens is 175 g/mol. The summed E-state index contributed by atoms with van der Waals surface area (Å²) >= 11 is 11.3. The highest BCUT2D eigenvalue weighted by molar-refractivity contribution is 6.53. The molecule has 0 aromatic rings. The minimum absolute atomic E-state index is 0.308. The summed E-state index contributed by atoms with van der Waals surface area (Å²) in [7, 11) is 0. The number of nitrogens with one attached hydrogen (secondary N) is 1. The molecule has 1 amide bonds. The largest absolute Gasteiger partial charge is 0.294 e. The summed E-state index contributed by atoms with van der Waals surface area (Å²) in [6, 6.07) is 0. The molecule has 0 unspecified atom stereocenters. The molecule has 3 N–H and O–H groups in total. The highest BCUT2D eigenvalue weighted by atomic mass is 35.5. The quantitative estimate of drug-likeness (QED) is 0.270. The van der Waals surface area contributed by atoms with E-state index in [-0.39, 0.29) is 5.91 Å². The van der Waals surface area contributed by atoms with E-state index in [0.717, 1.165) is 0 Å². The second-order valence-corrected chi connectivity index (χ2v) is 4.17. The number of rotatable bonds is 1. The molecule has 1 aliphatic carbocycles. The lowest BCUT2D eigenvalue weighted by molar-refractivity contribution is -0.125. The van der Waals surface area contributed by atoms with Gasteiger partial charge in [0.25, 0.3) is 0 Å². The van der Waals surface area contributed by atoms with Gasteiger partial charge in [0.2, 0.25) is 5.91 Å². The summed E-state index contributed by atoms with van der Waals surface area (Å²) in [6.07, 6.45) is 0.464. The molecule has 0 radical (unpaired) electrons. The van der Waals surface area contributed by atoms with Crippen molar-refractivity contribution in [3.63, 3.8) is 0 Å². The zero-order valence-electron chi connectivity index (χ0n) is 5.45. The summed E-state index contributed by atoms with van der Waals surface area (Å²) in [5.41, 5.74) is 1.33. The number of halogens is 2. The third-order valence-corrected chi connectivity index (χ3v) is 2.99. The fraction of sp³-hybridized carbons (Fsp3) is 0.800. The number of carbonyl (C=O) groups excluding carboxylic acids is 1. The highest BCUT2D eigenvalue weighted by Gasteiger charge is 2.67. The molecule has 0 aromatic carbocycles. The summed E-state index contributed by atoms with van der Waals surface area (Å²) in [6.45, 7) is 1.68. The van der Waals surface area contributed by atoms with E-state index in [1.807, 2.05) is 5.43 Å². The lowest BCUT2D eigenvalue weighted by Crippen LogP contribution is -2.37. The predicted molar refractivity (Wildman–Crippen MR) is 39.5 cm³/mol. The first kappa shape index (κ1) is 8.11. The summed E-state index contributed by atoms with van der Waals surface area (Å²) < 4.78 is -0.920. The van der Waals surface area contributed by atoms with Crippen LogP contribution in [0.3, 0.4) is 0 Å². The van der Waals surface area contributed by atoms with Crippen LogP contribution >= 0.6 is 23.2 Å². The molecule has 0 bridgehead atoms. The third kappa shape index (κ3) is 0.892. The van der Waals surface area contributed by atoms with E-state index in [1.165, 1.54) is 0 Å². The lowest BCUT2D eigenvalue weighted by Gasteiger charge is -2.08. The van der Waals surface area contributed by atoms with Gasteiger partial charge in [-0.1, -0.05) is 0 Å². The van der Waals surface area contributed by atoms with Crippen molar-refractivity contribution >= 4 is 29.1 Å². The van der Waals surface area contributed by atoms with E-state index in [4.69, 9.17) is 29.0 Å². The van der Waals surface area contributed by atoms with Gasteiger partial charge in [-0.3, -0.25) is 10.2 Å². The minimum atomic E-state index is -0.920. The summed E-state index contributed by atoms with van der Waals surface area (Å²) in [5.74, 6) is 4.59. The first-order chi connectivity index (χ1) is 4.44. The number of hydrazine groups is 1. The average Bonchev–Trinajstić information content (AvgIpc) is 2.32. The van der Waals surface area contributed by atoms with Crippen LogP contribution in [0, 0.1) is 5.41 Å². The van der Waals surface area contributed by atoms with Gasteiger partial charge in [-0.05, 0) is 13.3 Å². The number of alkyl halides is 2. The van der Waals surface area contributed by atoms with Crippen molar-refractivity contribution in [1.29, 1.82) is 0 Å². The molecule has 58 valence electrons. The molecule has 1 fully saturated rings. The van der Waals surface area contributed by atoms with Crippen molar-refractivity contribution in [3.05, 3.63) is 0 Å². The van der Waals surface area contributed by atoms with E-state index in [9.17, 15) is 4.79 Å². The van der Waals surface area contributed by atoms with Crippen LogP contribution in [0.2, 0.25) is 0 Å². The molecule has 5 heteroatoms. The molecule has 1 atom stereocenters.